The van der Waals surface area contributed by atoms with E-state index in [0.717, 1.165) is 28.4 Å². The predicted octanol–water partition coefficient (Wildman–Crippen LogP) is 5.71. The molecule has 0 spiro atoms. The van der Waals surface area contributed by atoms with Crippen LogP contribution in [0.2, 0.25) is 0 Å². The summed E-state index contributed by atoms with van der Waals surface area (Å²) in [5.74, 6) is -0.190. The van der Waals surface area contributed by atoms with Crippen LogP contribution in [-0.4, -0.2) is 72.5 Å². The molecule has 3 aromatic rings. The van der Waals surface area contributed by atoms with Crippen molar-refractivity contribution < 1.29 is 55.2 Å². The Kier molecular flexibility index (Phi) is 11.6. The van der Waals surface area contributed by atoms with E-state index >= 15 is 0 Å². The number of amides is 1. The Morgan fingerprint density at radius 2 is 1.69 bits per heavy atom. The molecule has 19 heteroatoms. The van der Waals surface area contributed by atoms with Gasteiger partial charge in [-0.2, -0.15) is 18.3 Å². The highest BCUT2D eigenvalue weighted by Crippen LogP contribution is 2.33. The average Bonchev–Trinajstić information content (AvgIpc) is 3.49. The fourth-order valence-corrected chi connectivity index (χ4v) is 5.49. The Labute approximate surface area is 279 Å². The average molecular weight is 713 g/mol. The minimum atomic E-state index is -4.71. The van der Waals surface area contributed by atoms with Gasteiger partial charge in [-0.1, -0.05) is 29.8 Å². The lowest BCUT2D eigenvalue weighted by Crippen LogP contribution is -2.40. The van der Waals surface area contributed by atoms with Crippen molar-refractivity contribution in [1.29, 1.82) is 0 Å². The summed E-state index contributed by atoms with van der Waals surface area (Å²) in [6.45, 7) is 6.75. The summed E-state index contributed by atoms with van der Waals surface area (Å²) in [5, 5.41) is 20.6. The molecule has 2 aromatic carbocycles. The van der Waals surface area contributed by atoms with Crippen LogP contribution in [0.1, 0.15) is 44.9 Å². The summed E-state index contributed by atoms with van der Waals surface area (Å²) in [4.78, 5) is 28.6. The summed E-state index contributed by atoms with van der Waals surface area (Å²) < 4.78 is 83.8. The molecule has 0 bridgehead atoms. The van der Waals surface area contributed by atoms with Gasteiger partial charge < -0.3 is 19.4 Å². The zero-order valence-corrected chi connectivity index (χ0v) is 27.7. The quantitative estimate of drug-likeness (QED) is 0.0847. The zero-order chi connectivity index (χ0) is 35.9. The number of sulfonamides is 1. The van der Waals surface area contributed by atoms with Crippen LogP contribution in [0.15, 0.2) is 64.8 Å². The van der Waals surface area contributed by atoms with Gasteiger partial charge in [-0.15, -0.1) is 5.01 Å². The first-order chi connectivity index (χ1) is 23.0. The molecule has 1 aliphatic rings. The Balaban J connectivity index is 1.29. The Hall–Kier alpha value is -5.07. The van der Waals surface area contributed by atoms with E-state index in [1.54, 1.807) is 38.1 Å². The largest absolute Gasteiger partial charge is 0.569 e. The van der Waals surface area contributed by atoms with Gasteiger partial charge in [-0.05, 0) is 69.9 Å². The second-order valence-corrected chi connectivity index (χ2v) is 13.0. The highest BCUT2D eigenvalue weighted by Gasteiger charge is 2.35. The van der Waals surface area contributed by atoms with Crippen LogP contribution in [-0.2, 0) is 35.2 Å². The standard InChI is InChI=1S/C30H35F3N6O9S/c1-19(2)46-29(41)47-21(4)48-36-39(42)37-15-13-22(14-16-37)18-45-28(40)35-49(43,44)25-11-9-24(10-12-25)38-26(17-27(34-38)30(31,32)33)23-7-5-20(3)6-8-23/h5-12,17,19,21-22H,13-16,18H2,1-4H3,(H,35,40)/b39-36+. The van der Waals surface area contributed by atoms with E-state index in [-0.39, 0.29) is 46.9 Å². The number of hydrogen-bond donors (Lipinski definition) is 1. The number of carbonyl (C=O) groups is 2. The number of aromatic nitrogens is 2. The molecule has 4 rings (SSSR count). The van der Waals surface area contributed by atoms with Crippen molar-refractivity contribution in [3.63, 3.8) is 0 Å². The Morgan fingerprint density at radius 1 is 1.06 bits per heavy atom. The second kappa shape index (κ2) is 15.4. The van der Waals surface area contributed by atoms with Gasteiger partial charge in [0.1, 0.15) is 0 Å². The van der Waals surface area contributed by atoms with Crippen molar-refractivity contribution in [1.82, 2.24) is 19.5 Å². The van der Waals surface area contributed by atoms with Crippen LogP contribution in [0.4, 0.5) is 22.8 Å². The highest BCUT2D eigenvalue weighted by atomic mass is 32.2. The maximum atomic E-state index is 13.5. The predicted molar refractivity (Wildman–Crippen MR) is 164 cm³/mol. The molecule has 15 nitrogen and oxygen atoms in total. The smallest absolute Gasteiger partial charge is 0.511 e. The molecule has 1 atom stereocenters. The minimum absolute atomic E-state index is 0.133. The summed E-state index contributed by atoms with van der Waals surface area (Å²) in [7, 11) is -4.40. The summed E-state index contributed by atoms with van der Waals surface area (Å²) >= 11 is 0. The summed E-state index contributed by atoms with van der Waals surface area (Å²) in [6, 6.07) is 12.5. The number of benzene rings is 2. The first-order valence-corrected chi connectivity index (χ1v) is 16.5. The molecule has 0 saturated carbocycles. The van der Waals surface area contributed by atoms with Gasteiger partial charge in [-0.25, -0.2) is 27.4 Å². The lowest BCUT2D eigenvalue weighted by Gasteiger charge is -2.27. The first-order valence-electron chi connectivity index (χ1n) is 15.0. The molecule has 266 valence electrons. The van der Waals surface area contributed by atoms with Gasteiger partial charge in [0.05, 0.1) is 47.0 Å². The molecule has 1 fully saturated rings. The molecule has 1 N–H and O–H groups in total. The number of hydrazine groups is 1. The van der Waals surface area contributed by atoms with E-state index < -0.39 is 46.5 Å². The van der Waals surface area contributed by atoms with Gasteiger partial charge in [-0.3, -0.25) is 4.84 Å². The number of alkyl halides is 3. The van der Waals surface area contributed by atoms with Crippen LogP contribution >= 0.6 is 0 Å². The van der Waals surface area contributed by atoms with Crippen LogP contribution in [0.5, 0.6) is 0 Å². The normalized spacial score (nSPS) is 15.1. The molecule has 1 amide bonds. The van der Waals surface area contributed by atoms with Crippen molar-refractivity contribution in [3.8, 4) is 16.9 Å². The van der Waals surface area contributed by atoms with E-state index in [1.165, 1.54) is 24.1 Å². The number of rotatable bonds is 11. The maximum absolute atomic E-state index is 13.5. The van der Waals surface area contributed by atoms with Crippen LogP contribution in [0.25, 0.3) is 16.9 Å². The summed E-state index contributed by atoms with van der Waals surface area (Å²) in [6.07, 6.45) is -7.70. The number of nitrogens with one attached hydrogen (secondary N) is 1. The van der Waals surface area contributed by atoms with E-state index in [2.05, 4.69) is 10.4 Å². The van der Waals surface area contributed by atoms with Gasteiger partial charge >= 0.3 is 18.4 Å². The second-order valence-electron chi connectivity index (χ2n) is 11.3. The fraction of sp³-hybridized carbons (Fsp3) is 0.433. The Morgan fingerprint density at radius 3 is 2.29 bits per heavy atom. The zero-order valence-electron chi connectivity index (χ0n) is 26.9. The van der Waals surface area contributed by atoms with E-state index in [4.69, 9.17) is 19.0 Å². The van der Waals surface area contributed by atoms with Gasteiger partial charge in [0, 0.05) is 12.5 Å². The number of aryl methyl sites for hydroxylation is 1. The third kappa shape index (κ3) is 10.2. The lowest BCUT2D eigenvalue weighted by atomic mass is 9.99. The van der Waals surface area contributed by atoms with Crippen molar-refractivity contribution in [2.45, 2.75) is 64.0 Å². The van der Waals surface area contributed by atoms with Crippen molar-refractivity contribution in [2.24, 2.45) is 11.2 Å². The number of nitrogens with zero attached hydrogens (tertiary/aromatic N) is 5. The van der Waals surface area contributed by atoms with Gasteiger partial charge in [0.25, 0.3) is 16.3 Å². The molecule has 1 saturated heterocycles. The van der Waals surface area contributed by atoms with Gasteiger partial charge in [0.2, 0.25) is 5.28 Å². The summed E-state index contributed by atoms with van der Waals surface area (Å²) in [5.41, 5.74) is 0.561. The molecular weight excluding hydrogens is 677 g/mol. The van der Waals surface area contributed by atoms with E-state index in [0.29, 0.717) is 18.4 Å². The van der Waals surface area contributed by atoms with Gasteiger partial charge in [0.15, 0.2) is 5.69 Å². The van der Waals surface area contributed by atoms with Crippen molar-refractivity contribution in [2.75, 3.05) is 19.7 Å². The molecule has 1 unspecified atom stereocenters. The lowest BCUT2D eigenvalue weighted by molar-refractivity contribution is -0.715. The molecule has 0 aliphatic carbocycles. The molecule has 0 radical (unpaired) electrons. The van der Waals surface area contributed by atoms with Crippen molar-refractivity contribution in [3.05, 3.63) is 71.1 Å². The highest BCUT2D eigenvalue weighted by molar-refractivity contribution is 7.90. The monoisotopic (exact) mass is 712 g/mol. The topological polar surface area (TPSA) is 177 Å². The maximum Gasteiger partial charge on any atom is 0.511 e. The first kappa shape index (κ1) is 36.8. The molecule has 1 aromatic heterocycles. The van der Waals surface area contributed by atoms with E-state index in [1.807, 2.05) is 11.6 Å². The van der Waals surface area contributed by atoms with Crippen LogP contribution in [0, 0.1) is 18.0 Å². The number of ether oxygens (including phenoxy) is 3. The SMILES string of the molecule is Cc1ccc(-c2cc(C(F)(F)F)nn2-c2ccc(S(=O)(=O)NC(=O)OCC3CCN(/[N+]([O-])=N\OC(C)OC(=O)OC(C)C)CC3)cc2)cc1. The minimum Gasteiger partial charge on any atom is -0.569 e. The fourth-order valence-electron chi connectivity index (χ4n) is 4.60. The third-order valence-corrected chi connectivity index (χ3v) is 8.43. The van der Waals surface area contributed by atoms with E-state index in [9.17, 15) is 36.4 Å². The van der Waals surface area contributed by atoms with Crippen LogP contribution in [0.3, 0.4) is 0 Å². The Bertz CT molecular complexity index is 1740. The van der Waals surface area contributed by atoms with Crippen LogP contribution < -0.4 is 4.72 Å². The van der Waals surface area contributed by atoms with Crippen molar-refractivity contribution >= 4 is 22.3 Å². The third-order valence-electron chi connectivity index (χ3n) is 7.10. The molecule has 2 heterocycles. The number of piperidine rings is 1. The number of hydrogen-bond acceptors (Lipinski definition) is 11. The molecular formula is C30H35F3N6O9S. The molecule has 1 aliphatic heterocycles. The molecule has 49 heavy (non-hydrogen) atoms. The number of halogens is 3. The number of carbonyl (C=O) groups excluding carboxylic acids is 2.